The molecule has 1 aliphatic rings. The Morgan fingerprint density at radius 1 is 1.09 bits per heavy atom. The van der Waals surface area contributed by atoms with Crippen molar-refractivity contribution in [2.24, 2.45) is 5.92 Å². The van der Waals surface area contributed by atoms with Crippen LogP contribution in [0.4, 0.5) is 17.5 Å². The Morgan fingerprint density at radius 2 is 1.91 bits per heavy atom. The summed E-state index contributed by atoms with van der Waals surface area (Å²) in [6.45, 7) is 11.2. The highest BCUT2D eigenvalue weighted by molar-refractivity contribution is 8.00. The van der Waals surface area contributed by atoms with Crippen molar-refractivity contribution < 1.29 is 0 Å². The average molecular weight is 467 g/mol. The summed E-state index contributed by atoms with van der Waals surface area (Å²) in [6.07, 6.45) is 4.57. The minimum atomic E-state index is 0.665. The molecule has 0 atom stereocenters. The quantitative estimate of drug-likeness (QED) is 0.356. The summed E-state index contributed by atoms with van der Waals surface area (Å²) >= 11 is 1.77. The van der Waals surface area contributed by atoms with Gasteiger partial charge in [0, 0.05) is 44.2 Å². The number of hydrogen-bond acceptors (Lipinski definition) is 9. The van der Waals surface area contributed by atoms with Crippen LogP contribution in [0.5, 0.6) is 0 Å². The number of piperazine rings is 1. The van der Waals surface area contributed by atoms with E-state index >= 15 is 0 Å². The van der Waals surface area contributed by atoms with Gasteiger partial charge in [0.15, 0.2) is 5.82 Å². The second-order valence-corrected chi connectivity index (χ2v) is 9.95. The van der Waals surface area contributed by atoms with E-state index < -0.39 is 0 Å². The topological polar surface area (TPSA) is 82.1 Å². The molecule has 0 spiro atoms. The van der Waals surface area contributed by atoms with Gasteiger partial charge in [-0.15, -0.1) is 0 Å². The minimum absolute atomic E-state index is 0.665. The monoisotopic (exact) mass is 466 g/mol. The van der Waals surface area contributed by atoms with Crippen molar-refractivity contribution in [2.45, 2.75) is 33.7 Å². The van der Waals surface area contributed by atoms with Gasteiger partial charge in [0.1, 0.15) is 17.4 Å². The third-order valence-corrected chi connectivity index (χ3v) is 6.75. The highest BCUT2D eigenvalue weighted by Gasteiger charge is 2.18. The predicted octanol–water partition coefficient (Wildman–Crippen LogP) is 4.20. The van der Waals surface area contributed by atoms with Crippen LogP contribution in [-0.2, 0) is 6.54 Å². The van der Waals surface area contributed by atoms with Crippen molar-refractivity contribution in [3.63, 3.8) is 0 Å². The van der Waals surface area contributed by atoms with Crippen LogP contribution in [0.3, 0.4) is 0 Å². The SMILES string of the molecule is Cc1ccc(NSCCC(C)C)cc1CNc1ncnc2cnc(N3CCN(C)CC3)nc12. The third-order valence-electron chi connectivity index (χ3n) is 5.93. The minimum Gasteiger partial charge on any atom is -0.364 e. The zero-order chi connectivity index (χ0) is 23.2. The second kappa shape index (κ2) is 11.0. The van der Waals surface area contributed by atoms with Crippen LogP contribution in [-0.4, -0.2) is 63.8 Å². The largest absolute Gasteiger partial charge is 0.364 e. The van der Waals surface area contributed by atoms with Crippen molar-refractivity contribution in [1.29, 1.82) is 0 Å². The van der Waals surface area contributed by atoms with Crippen LogP contribution < -0.4 is 14.9 Å². The molecule has 1 fully saturated rings. The lowest BCUT2D eigenvalue weighted by Crippen LogP contribution is -2.45. The summed E-state index contributed by atoms with van der Waals surface area (Å²) in [6, 6.07) is 6.50. The maximum absolute atomic E-state index is 4.83. The summed E-state index contributed by atoms with van der Waals surface area (Å²) in [4.78, 5) is 22.8. The van der Waals surface area contributed by atoms with Crippen LogP contribution in [0.25, 0.3) is 11.0 Å². The van der Waals surface area contributed by atoms with Gasteiger partial charge in [-0.25, -0.2) is 19.9 Å². The number of nitrogens with one attached hydrogen (secondary N) is 2. The molecular formula is C24H34N8S. The maximum atomic E-state index is 4.83. The Kier molecular flexibility index (Phi) is 7.82. The lowest BCUT2D eigenvalue weighted by molar-refractivity contribution is 0.311. The molecule has 176 valence electrons. The molecule has 0 radical (unpaired) electrons. The van der Waals surface area contributed by atoms with Gasteiger partial charge in [0.05, 0.1) is 6.20 Å². The lowest BCUT2D eigenvalue weighted by Gasteiger charge is -2.32. The molecule has 0 unspecified atom stereocenters. The highest BCUT2D eigenvalue weighted by Crippen LogP contribution is 2.23. The van der Waals surface area contributed by atoms with Crippen LogP contribution in [0.1, 0.15) is 31.4 Å². The van der Waals surface area contributed by atoms with Crippen LogP contribution in [0.2, 0.25) is 0 Å². The molecule has 2 N–H and O–H groups in total. The van der Waals surface area contributed by atoms with Crippen molar-refractivity contribution in [3.8, 4) is 0 Å². The van der Waals surface area contributed by atoms with Crippen molar-refractivity contribution in [1.82, 2.24) is 24.8 Å². The Hall–Kier alpha value is -2.65. The summed E-state index contributed by atoms with van der Waals surface area (Å²) in [5.41, 5.74) is 5.10. The van der Waals surface area contributed by atoms with Crippen LogP contribution in [0.15, 0.2) is 30.7 Å². The number of rotatable bonds is 9. The summed E-state index contributed by atoms with van der Waals surface area (Å²) in [5, 5.41) is 3.49. The fraction of sp³-hybridized carbons (Fsp3) is 0.500. The predicted molar refractivity (Wildman–Crippen MR) is 139 cm³/mol. The average Bonchev–Trinajstić information content (AvgIpc) is 2.82. The van der Waals surface area contributed by atoms with Gasteiger partial charge in [-0.05, 0) is 49.6 Å². The maximum Gasteiger partial charge on any atom is 0.226 e. The van der Waals surface area contributed by atoms with E-state index in [2.05, 4.69) is 80.8 Å². The molecule has 9 heteroatoms. The number of aryl methyl sites for hydroxylation is 1. The zero-order valence-electron chi connectivity index (χ0n) is 20.0. The van der Waals surface area contributed by atoms with Crippen LogP contribution in [0, 0.1) is 12.8 Å². The summed E-state index contributed by atoms with van der Waals surface area (Å²) < 4.78 is 3.48. The number of aromatic nitrogens is 4. The first kappa shape index (κ1) is 23.5. The van der Waals surface area contributed by atoms with E-state index in [-0.39, 0.29) is 0 Å². The van der Waals surface area contributed by atoms with E-state index in [0.717, 1.165) is 66.3 Å². The Bertz CT molecular complexity index is 1070. The Labute approximate surface area is 200 Å². The normalized spacial score (nSPS) is 14.8. The number of fused-ring (bicyclic) bond motifs is 1. The first-order chi connectivity index (χ1) is 16.0. The molecule has 1 aromatic carbocycles. The smallest absolute Gasteiger partial charge is 0.226 e. The van der Waals surface area contributed by atoms with Gasteiger partial charge in [0.25, 0.3) is 0 Å². The second-order valence-electron chi connectivity index (χ2n) is 9.04. The van der Waals surface area contributed by atoms with Crippen molar-refractivity contribution >= 4 is 40.4 Å². The Balaban J connectivity index is 1.46. The van der Waals surface area contributed by atoms with Gasteiger partial charge in [0.2, 0.25) is 5.95 Å². The van der Waals surface area contributed by atoms with E-state index in [1.807, 2.05) is 0 Å². The molecule has 33 heavy (non-hydrogen) atoms. The standard InChI is InChI=1S/C24H34N8S/c1-17(2)7-12-33-30-20-6-5-18(3)19(13-20)14-25-23-22-21(27-16-28-23)15-26-24(29-22)32-10-8-31(4)9-11-32/h5-6,13,15-17,30H,7-12,14H2,1-4H3,(H,25,27,28). The number of benzene rings is 1. The highest BCUT2D eigenvalue weighted by atomic mass is 32.2. The first-order valence-corrected chi connectivity index (χ1v) is 12.6. The first-order valence-electron chi connectivity index (χ1n) is 11.6. The van der Waals surface area contributed by atoms with Crippen LogP contribution >= 0.6 is 11.9 Å². The summed E-state index contributed by atoms with van der Waals surface area (Å²) in [5.74, 6) is 3.30. The van der Waals surface area contributed by atoms with E-state index in [4.69, 9.17) is 4.98 Å². The van der Waals surface area contributed by atoms with E-state index in [1.54, 1.807) is 24.5 Å². The fourth-order valence-electron chi connectivity index (χ4n) is 3.67. The van der Waals surface area contributed by atoms with Gasteiger partial charge in [-0.3, -0.25) is 0 Å². The molecule has 0 aliphatic carbocycles. The lowest BCUT2D eigenvalue weighted by atomic mass is 10.1. The molecule has 8 nitrogen and oxygen atoms in total. The van der Waals surface area contributed by atoms with Crippen molar-refractivity contribution in [2.75, 3.05) is 53.9 Å². The van der Waals surface area contributed by atoms with E-state index in [0.29, 0.717) is 6.54 Å². The molecule has 2 aromatic heterocycles. The van der Waals surface area contributed by atoms with Crippen molar-refractivity contribution in [3.05, 3.63) is 41.9 Å². The number of hydrogen-bond donors (Lipinski definition) is 2. The third kappa shape index (κ3) is 6.23. The molecule has 3 aromatic rings. The number of nitrogens with zero attached hydrogens (tertiary/aromatic N) is 6. The van der Waals surface area contributed by atoms with Gasteiger partial charge < -0.3 is 19.8 Å². The van der Waals surface area contributed by atoms with Gasteiger partial charge in [-0.2, -0.15) is 0 Å². The molecule has 1 saturated heterocycles. The summed E-state index contributed by atoms with van der Waals surface area (Å²) in [7, 11) is 2.14. The zero-order valence-corrected chi connectivity index (χ0v) is 20.8. The number of anilines is 3. The molecule has 1 aliphatic heterocycles. The van der Waals surface area contributed by atoms with E-state index in [9.17, 15) is 0 Å². The fourth-order valence-corrected chi connectivity index (χ4v) is 4.65. The van der Waals surface area contributed by atoms with Gasteiger partial charge >= 0.3 is 0 Å². The van der Waals surface area contributed by atoms with Gasteiger partial charge in [-0.1, -0.05) is 31.9 Å². The molecule has 3 heterocycles. The molecule has 4 rings (SSSR count). The Morgan fingerprint density at radius 3 is 2.70 bits per heavy atom. The number of likely N-dealkylation sites (N-methyl/N-ethyl adjacent to an activating group) is 1. The molecule has 0 bridgehead atoms. The van der Waals surface area contributed by atoms with E-state index in [1.165, 1.54) is 17.5 Å². The molecular weight excluding hydrogens is 432 g/mol. The molecule has 0 amide bonds. The molecule has 0 saturated carbocycles.